The molecule has 6 heteroatoms. The van der Waals surface area contributed by atoms with E-state index in [0.717, 1.165) is 22.9 Å². The molecule has 0 bridgehead atoms. The van der Waals surface area contributed by atoms with Crippen molar-refractivity contribution in [2.24, 2.45) is 0 Å². The third-order valence-electron chi connectivity index (χ3n) is 3.45. The molecule has 0 saturated heterocycles. The molecular weight excluding hydrogens is 324 g/mol. The van der Waals surface area contributed by atoms with Crippen molar-refractivity contribution in [1.29, 1.82) is 0 Å². The number of oxazole rings is 1. The number of benzene rings is 2. The molecule has 0 spiro atoms. The van der Waals surface area contributed by atoms with Crippen molar-refractivity contribution in [1.82, 2.24) is 4.98 Å². The Labute approximate surface area is 143 Å². The summed E-state index contributed by atoms with van der Waals surface area (Å²) >= 11 is 1.08. The molecule has 1 heterocycles. The van der Waals surface area contributed by atoms with Crippen molar-refractivity contribution < 1.29 is 14.3 Å². The highest BCUT2D eigenvalue weighted by Crippen LogP contribution is 2.36. The summed E-state index contributed by atoms with van der Waals surface area (Å²) in [4.78, 5) is 15.6. The molecule has 3 N–H and O–H groups in total. The van der Waals surface area contributed by atoms with Gasteiger partial charge < -0.3 is 15.3 Å². The summed E-state index contributed by atoms with van der Waals surface area (Å²) in [6, 6.07) is 16.9. The highest BCUT2D eigenvalue weighted by Gasteiger charge is 2.21. The molecule has 0 aliphatic heterocycles. The second-order valence-electron chi connectivity index (χ2n) is 5.24. The quantitative estimate of drug-likeness (QED) is 0.535. The number of anilines is 1. The summed E-state index contributed by atoms with van der Waals surface area (Å²) in [5, 5.41) is 8.76. The number of rotatable bonds is 5. The number of carboxylic acids is 1. The van der Waals surface area contributed by atoms with E-state index in [-0.39, 0.29) is 0 Å². The van der Waals surface area contributed by atoms with Gasteiger partial charge in [-0.05, 0) is 31.2 Å². The minimum absolute atomic E-state index is 0.329. The van der Waals surface area contributed by atoms with Gasteiger partial charge in [0.1, 0.15) is 10.9 Å². The number of nitrogens with two attached hydrogens (primary N) is 1. The molecule has 0 saturated carbocycles. The first-order chi connectivity index (χ1) is 11.5. The molecule has 1 unspecified atom stereocenters. The first-order valence-corrected chi connectivity index (χ1v) is 8.24. The predicted molar refractivity (Wildman–Crippen MR) is 94.7 cm³/mol. The molecule has 24 heavy (non-hydrogen) atoms. The lowest BCUT2D eigenvalue weighted by molar-refractivity contribution is -0.136. The topological polar surface area (TPSA) is 89.4 Å². The van der Waals surface area contributed by atoms with Crippen LogP contribution < -0.4 is 5.73 Å². The van der Waals surface area contributed by atoms with Crippen molar-refractivity contribution >= 4 is 23.4 Å². The minimum Gasteiger partial charge on any atom is -0.480 e. The van der Waals surface area contributed by atoms with Gasteiger partial charge in [-0.1, -0.05) is 42.1 Å². The van der Waals surface area contributed by atoms with Crippen molar-refractivity contribution in [3.05, 3.63) is 54.6 Å². The minimum atomic E-state index is -0.909. The highest BCUT2D eigenvalue weighted by atomic mass is 32.2. The Morgan fingerprint density at radius 2 is 1.79 bits per heavy atom. The Kier molecular flexibility index (Phi) is 4.57. The molecule has 5 nitrogen and oxygen atoms in total. The van der Waals surface area contributed by atoms with Crippen LogP contribution in [0.25, 0.3) is 22.6 Å². The maximum Gasteiger partial charge on any atom is 0.316 e. The van der Waals surface area contributed by atoms with Gasteiger partial charge in [0.15, 0.2) is 5.76 Å². The lowest BCUT2D eigenvalue weighted by Crippen LogP contribution is -2.10. The van der Waals surface area contributed by atoms with Gasteiger partial charge in [-0.25, -0.2) is 4.98 Å². The fourth-order valence-electron chi connectivity index (χ4n) is 2.17. The fourth-order valence-corrected chi connectivity index (χ4v) is 2.85. The Hall–Kier alpha value is -2.73. The molecule has 0 aliphatic rings. The van der Waals surface area contributed by atoms with Crippen LogP contribution in [0.15, 0.2) is 64.2 Å². The van der Waals surface area contributed by atoms with Gasteiger partial charge >= 0.3 is 5.97 Å². The Balaban J connectivity index is 2.06. The van der Waals surface area contributed by atoms with E-state index in [1.165, 1.54) is 0 Å². The van der Waals surface area contributed by atoms with Crippen LogP contribution in [0.2, 0.25) is 0 Å². The van der Waals surface area contributed by atoms with Crippen LogP contribution in [-0.2, 0) is 4.79 Å². The fraction of sp³-hybridized carbons (Fsp3) is 0.111. The van der Waals surface area contributed by atoms with Crippen LogP contribution >= 0.6 is 11.8 Å². The van der Waals surface area contributed by atoms with Gasteiger partial charge in [0, 0.05) is 16.8 Å². The summed E-state index contributed by atoms with van der Waals surface area (Å²) in [7, 11) is 0. The average molecular weight is 340 g/mol. The molecule has 122 valence electrons. The van der Waals surface area contributed by atoms with E-state index in [2.05, 4.69) is 4.98 Å². The maximum absolute atomic E-state index is 11.1. The van der Waals surface area contributed by atoms with Crippen LogP contribution in [-0.4, -0.2) is 21.3 Å². The Morgan fingerprint density at radius 3 is 2.42 bits per heavy atom. The lowest BCUT2D eigenvalue weighted by atomic mass is 10.1. The molecular formula is C18H16N2O3S. The molecule has 1 atom stereocenters. The second kappa shape index (κ2) is 6.80. The molecule has 3 aromatic rings. The van der Waals surface area contributed by atoms with Crippen LogP contribution in [0.1, 0.15) is 6.92 Å². The van der Waals surface area contributed by atoms with Gasteiger partial charge in [-0.3, -0.25) is 4.79 Å². The number of aromatic nitrogens is 1. The third kappa shape index (κ3) is 3.44. The number of carbonyl (C=O) groups is 1. The standard InChI is InChI=1S/C18H16N2O3S/c1-11(17(21)22)24-18-20-15(12-5-3-2-4-6-12)16(23-18)13-7-9-14(19)10-8-13/h2-11H,19H2,1H3,(H,21,22). The normalized spacial score (nSPS) is 12.0. The highest BCUT2D eigenvalue weighted by molar-refractivity contribution is 8.00. The molecule has 0 fully saturated rings. The Bertz CT molecular complexity index is 844. The zero-order valence-corrected chi connectivity index (χ0v) is 13.8. The van der Waals surface area contributed by atoms with Gasteiger partial charge in [0.2, 0.25) is 0 Å². The summed E-state index contributed by atoms with van der Waals surface area (Å²) in [6.07, 6.45) is 0. The van der Waals surface area contributed by atoms with Crippen molar-refractivity contribution in [2.45, 2.75) is 17.4 Å². The van der Waals surface area contributed by atoms with Crippen LogP contribution in [0.5, 0.6) is 0 Å². The molecule has 0 aliphatic carbocycles. The first kappa shape index (κ1) is 16.1. The van der Waals surface area contributed by atoms with E-state index in [1.54, 1.807) is 19.1 Å². The average Bonchev–Trinajstić information content (AvgIpc) is 3.00. The zero-order valence-electron chi connectivity index (χ0n) is 13.0. The molecule has 0 radical (unpaired) electrons. The van der Waals surface area contributed by atoms with E-state index in [9.17, 15) is 4.79 Å². The summed E-state index contributed by atoms with van der Waals surface area (Å²) in [5.41, 5.74) is 8.83. The SMILES string of the molecule is CC(Sc1nc(-c2ccccc2)c(-c2ccc(N)cc2)o1)C(=O)O. The zero-order chi connectivity index (χ0) is 17.1. The number of hydrogen-bond donors (Lipinski definition) is 2. The van der Waals surface area contributed by atoms with Crippen LogP contribution in [0.4, 0.5) is 5.69 Å². The lowest BCUT2D eigenvalue weighted by Gasteiger charge is -2.02. The monoisotopic (exact) mass is 340 g/mol. The third-order valence-corrected chi connectivity index (χ3v) is 4.38. The van der Waals surface area contributed by atoms with Crippen molar-refractivity contribution in [3.63, 3.8) is 0 Å². The van der Waals surface area contributed by atoms with E-state index in [0.29, 0.717) is 22.4 Å². The van der Waals surface area contributed by atoms with E-state index in [1.807, 2.05) is 42.5 Å². The second-order valence-corrected chi connectivity index (χ2v) is 6.54. The van der Waals surface area contributed by atoms with Crippen LogP contribution in [0.3, 0.4) is 0 Å². The number of thioether (sulfide) groups is 1. The smallest absolute Gasteiger partial charge is 0.316 e. The van der Waals surface area contributed by atoms with E-state index in [4.69, 9.17) is 15.3 Å². The van der Waals surface area contributed by atoms with Gasteiger partial charge in [0.05, 0.1) is 0 Å². The van der Waals surface area contributed by atoms with Crippen molar-refractivity contribution in [2.75, 3.05) is 5.73 Å². The largest absolute Gasteiger partial charge is 0.480 e. The summed E-state index contributed by atoms with van der Waals surface area (Å²) in [5.74, 6) is -0.310. The van der Waals surface area contributed by atoms with Gasteiger partial charge in [-0.15, -0.1) is 0 Å². The first-order valence-electron chi connectivity index (χ1n) is 7.36. The molecule has 2 aromatic carbocycles. The van der Waals surface area contributed by atoms with E-state index < -0.39 is 11.2 Å². The number of carboxylic acid groups (broad SMARTS) is 1. The van der Waals surface area contributed by atoms with Crippen molar-refractivity contribution in [3.8, 4) is 22.6 Å². The maximum atomic E-state index is 11.1. The number of nitrogen functional groups attached to an aromatic ring is 1. The number of nitrogens with zero attached hydrogens (tertiary/aromatic N) is 1. The van der Waals surface area contributed by atoms with E-state index >= 15 is 0 Å². The molecule has 0 amide bonds. The molecule has 1 aromatic heterocycles. The number of aliphatic carboxylic acids is 1. The summed E-state index contributed by atoms with van der Waals surface area (Å²) in [6.45, 7) is 1.60. The van der Waals surface area contributed by atoms with Gasteiger partial charge in [-0.2, -0.15) is 0 Å². The Morgan fingerprint density at radius 1 is 1.12 bits per heavy atom. The number of hydrogen-bond acceptors (Lipinski definition) is 5. The summed E-state index contributed by atoms with van der Waals surface area (Å²) < 4.78 is 5.86. The van der Waals surface area contributed by atoms with Gasteiger partial charge in [0.25, 0.3) is 5.22 Å². The molecule has 3 rings (SSSR count). The predicted octanol–water partition coefficient (Wildman–Crippen LogP) is 4.16. The van der Waals surface area contributed by atoms with Crippen LogP contribution in [0, 0.1) is 0 Å².